The molecule has 0 N–H and O–H groups in total. The minimum Gasteiger partial charge on any atom is -0.323 e. The molecule has 3 rings (SSSR count). The van der Waals surface area contributed by atoms with Crippen molar-refractivity contribution >= 4 is 16.8 Å². The van der Waals surface area contributed by atoms with E-state index in [2.05, 4.69) is 4.98 Å². The lowest BCUT2D eigenvalue weighted by molar-refractivity contribution is -0.118. The molecule has 21 heavy (non-hydrogen) atoms. The van der Waals surface area contributed by atoms with Crippen molar-refractivity contribution in [3.63, 3.8) is 0 Å². The van der Waals surface area contributed by atoms with Gasteiger partial charge in [0.1, 0.15) is 11.6 Å². The van der Waals surface area contributed by atoms with Crippen LogP contribution in [0.2, 0.25) is 0 Å². The summed E-state index contributed by atoms with van der Waals surface area (Å²) in [6.45, 7) is 0.124. The minimum atomic E-state index is -0.675. The van der Waals surface area contributed by atoms with E-state index in [1.807, 2.05) is 24.3 Å². The average molecular weight is 286 g/mol. The molecule has 0 saturated heterocycles. The van der Waals surface area contributed by atoms with E-state index in [-0.39, 0.29) is 18.7 Å². The fourth-order valence-electron chi connectivity index (χ4n) is 2.32. The number of hydrogen-bond donors (Lipinski definition) is 0. The summed E-state index contributed by atoms with van der Waals surface area (Å²) in [5.41, 5.74) is 2.00. The topological polar surface area (TPSA) is 34.9 Å². The molecule has 0 amide bonds. The molecule has 0 saturated carbocycles. The summed E-state index contributed by atoms with van der Waals surface area (Å²) >= 11 is 0. The number of halogens is 2. The number of Topliss-reactive ketones (excluding diaryl/α,β-unsaturated/α-hetero) is 1. The molecular formula is C16H12F2N2O. The molecule has 0 fully saturated rings. The fraction of sp³-hybridized carbons (Fsp3) is 0.125. The van der Waals surface area contributed by atoms with E-state index in [9.17, 15) is 13.6 Å². The molecule has 0 radical (unpaired) electrons. The molecule has 0 aliphatic heterocycles. The van der Waals surface area contributed by atoms with Gasteiger partial charge in [0.25, 0.3) is 0 Å². The summed E-state index contributed by atoms with van der Waals surface area (Å²) in [4.78, 5) is 16.3. The van der Waals surface area contributed by atoms with E-state index in [1.54, 1.807) is 10.9 Å². The molecule has 3 nitrogen and oxygen atoms in total. The molecule has 0 aliphatic rings. The van der Waals surface area contributed by atoms with Crippen LogP contribution in [-0.2, 0) is 17.8 Å². The lowest BCUT2D eigenvalue weighted by atomic mass is 10.1. The van der Waals surface area contributed by atoms with Gasteiger partial charge in [0, 0.05) is 12.5 Å². The van der Waals surface area contributed by atoms with Crippen LogP contribution in [0.1, 0.15) is 5.56 Å². The number of carbonyl (C=O) groups excluding carboxylic acids is 1. The second-order valence-corrected chi connectivity index (χ2v) is 4.85. The maximum atomic E-state index is 13.1. The van der Waals surface area contributed by atoms with Crippen molar-refractivity contribution in [2.75, 3.05) is 0 Å². The Morgan fingerprint density at radius 2 is 1.81 bits per heavy atom. The van der Waals surface area contributed by atoms with Crippen LogP contribution >= 0.6 is 0 Å². The van der Waals surface area contributed by atoms with Crippen LogP contribution in [0.3, 0.4) is 0 Å². The van der Waals surface area contributed by atoms with Gasteiger partial charge in [-0.05, 0) is 29.8 Å². The van der Waals surface area contributed by atoms with Gasteiger partial charge in [-0.3, -0.25) is 4.79 Å². The van der Waals surface area contributed by atoms with Gasteiger partial charge in [0.05, 0.1) is 23.9 Å². The summed E-state index contributed by atoms with van der Waals surface area (Å²) in [6, 6.07) is 10.6. The summed E-state index contributed by atoms with van der Waals surface area (Å²) < 4.78 is 27.9. The molecule has 3 aromatic rings. The minimum absolute atomic E-state index is 0.0127. The molecule has 0 aliphatic carbocycles. The van der Waals surface area contributed by atoms with E-state index < -0.39 is 11.6 Å². The number of aromatic nitrogens is 2. The Morgan fingerprint density at radius 3 is 2.57 bits per heavy atom. The van der Waals surface area contributed by atoms with Gasteiger partial charge in [-0.15, -0.1) is 0 Å². The first-order valence-electron chi connectivity index (χ1n) is 6.48. The number of imidazole rings is 1. The van der Waals surface area contributed by atoms with E-state index in [0.29, 0.717) is 5.56 Å². The normalized spacial score (nSPS) is 11.0. The van der Waals surface area contributed by atoms with Gasteiger partial charge in [0.15, 0.2) is 5.78 Å². The highest BCUT2D eigenvalue weighted by molar-refractivity contribution is 5.83. The zero-order valence-corrected chi connectivity index (χ0v) is 11.1. The van der Waals surface area contributed by atoms with Crippen LogP contribution in [0.25, 0.3) is 11.0 Å². The molecule has 1 heterocycles. The number of rotatable bonds is 4. The largest absolute Gasteiger partial charge is 0.323 e. The van der Waals surface area contributed by atoms with Crippen molar-refractivity contribution in [1.29, 1.82) is 0 Å². The van der Waals surface area contributed by atoms with Gasteiger partial charge in [0.2, 0.25) is 0 Å². The number of para-hydroxylation sites is 2. The highest BCUT2D eigenvalue weighted by Gasteiger charge is 2.09. The molecule has 0 spiro atoms. The summed E-state index contributed by atoms with van der Waals surface area (Å²) in [6.07, 6.45) is 1.58. The van der Waals surface area contributed by atoms with E-state index in [0.717, 1.165) is 17.1 Å². The standard InChI is InChI=1S/C16H12F2N2O/c17-12-5-11(6-13(18)8-12)7-14(21)9-20-10-19-15-3-1-2-4-16(15)20/h1-6,8,10H,7,9H2. The van der Waals surface area contributed by atoms with Crippen LogP contribution in [0.15, 0.2) is 48.8 Å². The number of nitrogens with zero attached hydrogens (tertiary/aromatic N) is 2. The zero-order valence-electron chi connectivity index (χ0n) is 11.1. The van der Waals surface area contributed by atoms with E-state index in [4.69, 9.17) is 0 Å². The zero-order chi connectivity index (χ0) is 14.8. The van der Waals surface area contributed by atoms with Crippen LogP contribution in [0, 0.1) is 11.6 Å². The predicted molar refractivity (Wildman–Crippen MR) is 74.8 cm³/mol. The predicted octanol–water partition coefficient (Wildman–Crippen LogP) is 3.13. The first kappa shape index (κ1) is 13.4. The Bertz CT molecular complexity index is 791. The van der Waals surface area contributed by atoms with Crippen molar-refractivity contribution in [2.24, 2.45) is 0 Å². The Balaban J connectivity index is 1.77. The molecule has 2 aromatic carbocycles. The molecular weight excluding hydrogens is 274 g/mol. The monoisotopic (exact) mass is 286 g/mol. The first-order valence-corrected chi connectivity index (χ1v) is 6.48. The van der Waals surface area contributed by atoms with Gasteiger partial charge >= 0.3 is 0 Å². The quantitative estimate of drug-likeness (QED) is 0.738. The van der Waals surface area contributed by atoms with Crippen LogP contribution in [0.5, 0.6) is 0 Å². The summed E-state index contributed by atoms with van der Waals surface area (Å²) in [5.74, 6) is -1.49. The van der Waals surface area contributed by atoms with Crippen molar-refractivity contribution < 1.29 is 13.6 Å². The molecule has 0 unspecified atom stereocenters. The molecule has 106 valence electrons. The Kier molecular flexibility index (Phi) is 3.48. The Labute approximate surface area is 119 Å². The van der Waals surface area contributed by atoms with Crippen molar-refractivity contribution in [1.82, 2.24) is 9.55 Å². The van der Waals surface area contributed by atoms with E-state index >= 15 is 0 Å². The number of carbonyl (C=O) groups is 1. The Hall–Kier alpha value is -2.56. The Morgan fingerprint density at radius 1 is 1.10 bits per heavy atom. The van der Waals surface area contributed by atoms with Crippen LogP contribution in [0.4, 0.5) is 8.78 Å². The first-order chi connectivity index (χ1) is 10.1. The maximum Gasteiger partial charge on any atom is 0.156 e. The van der Waals surface area contributed by atoms with Gasteiger partial charge < -0.3 is 4.57 Å². The van der Waals surface area contributed by atoms with Crippen molar-refractivity contribution in [3.05, 3.63) is 66.0 Å². The van der Waals surface area contributed by atoms with E-state index in [1.165, 1.54) is 12.1 Å². The molecule has 5 heteroatoms. The number of ketones is 1. The molecule has 0 atom stereocenters. The lowest BCUT2D eigenvalue weighted by Crippen LogP contribution is -2.12. The number of benzene rings is 2. The van der Waals surface area contributed by atoms with Crippen molar-refractivity contribution in [2.45, 2.75) is 13.0 Å². The summed E-state index contributed by atoms with van der Waals surface area (Å²) in [5, 5.41) is 0. The lowest BCUT2D eigenvalue weighted by Gasteiger charge is -2.04. The number of fused-ring (bicyclic) bond motifs is 1. The second kappa shape index (κ2) is 5.44. The maximum absolute atomic E-state index is 13.1. The molecule has 1 aromatic heterocycles. The third kappa shape index (κ3) is 2.97. The van der Waals surface area contributed by atoms with Gasteiger partial charge in [-0.1, -0.05) is 12.1 Å². The highest BCUT2D eigenvalue weighted by atomic mass is 19.1. The SMILES string of the molecule is O=C(Cc1cc(F)cc(F)c1)Cn1cnc2ccccc21. The smallest absolute Gasteiger partial charge is 0.156 e. The van der Waals surface area contributed by atoms with Crippen LogP contribution < -0.4 is 0 Å². The van der Waals surface area contributed by atoms with Crippen LogP contribution in [-0.4, -0.2) is 15.3 Å². The third-order valence-electron chi connectivity index (χ3n) is 3.20. The average Bonchev–Trinajstić information content (AvgIpc) is 2.81. The summed E-state index contributed by atoms with van der Waals surface area (Å²) in [7, 11) is 0. The van der Waals surface area contributed by atoms with Crippen molar-refractivity contribution in [3.8, 4) is 0 Å². The third-order valence-corrected chi connectivity index (χ3v) is 3.20. The van der Waals surface area contributed by atoms with Gasteiger partial charge in [-0.2, -0.15) is 0 Å². The van der Waals surface area contributed by atoms with Gasteiger partial charge in [-0.25, -0.2) is 13.8 Å². The fourth-order valence-corrected chi connectivity index (χ4v) is 2.32. The second-order valence-electron chi connectivity index (χ2n) is 4.85. The number of hydrogen-bond acceptors (Lipinski definition) is 2. The highest BCUT2D eigenvalue weighted by Crippen LogP contribution is 2.13. The molecule has 0 bridgehead atoms.